The highest BCUT2D eigenvalue weighted by atomic mass is 32.2. The molecule has 0 saturated heterocycles. The standard InChI is InChI=1S/C12H11NO3S/c1-8-3-2-4-9(5-8)7-17-12-13-10(6-16-12)11(14)15/h2-6H,7H2,1H3,(H,14,15). The summed E-state index contributed by atoms with van der Waals surface area (Å²) >= 11 is 1.38. The SMILES string of the molecule is Cc1cccc(CSc2nc(C(=O)O)co2)c1. The summed E-state index contributed by atoms with van der Waals surface area (Å²) < 4.78 is 5.05. The Morgan fingerprint density at radius 3 is 3.00 bits per heavy atom. The van der Waals surface area contributed by atoms with Gasteiger partial charge in [0.15, 0.2) is 5.69 Å². The third-order valence-corrected chi connectivity index (χ3v) is 3.06. The van der Waals surface area contributed by atoms with Crippen LogP contribution in [0, 0.1) is 6.92 Å². The predicted octanol–water partition coefficient (Wildman–Crippen LogP) is 2.97. The van der Waals surface area contributed by atoms with Gasteiger partial charge in [0.1, 0.15) is 6.26 Å². The van der Waals surface area contributed by atoms with Crippen molar-refractivity contribution < 1.29 is 14.3 Å². The molecule has 0 unspecified atom stereocenters. The molecular weight excluding hydrogens is 238 g/mol. The lowest BCUT2D eigenvalue weighted by atomic mass is 10.2. The van der Waals surface area contributed by atoms with Crippen molar-refractivity contribution in [2.75, 3.05) is 0 Å². The van der Waals surface area contributed by atoms with Crippen LogP contribution >= 0.6 is 11.8 Å². The number of rotatable bonds is 4. The van der Waals surface area contributed by atoms with Gasteiger partial charge < -0.3 is 9.52 Å². The van der Waals surface area contributed by atoms with Gasteiger partial charge in [-0.05, 0) is 12.5 Å². The van der Waals surface area contributed by atoms with Gasteiger partial charge in [-0.3, -0.25) is 0 Å². The van der Waals surface area contributed by atoms with E-state index in [-0.39, 0.29) is 5.69 Å². The molecule has 0 atom stereocenters. The van der Waals surface area contributed by atoms with E-state index in [2.05, 4.69) is 11.1 Å². The molecule has 0 bridgehead atoms. The van der Waals surface area contributed by atoms with E-state index in [1.807, 2.05) is 25.1 Å². The first-order valence-electron chi connectivity index (χ1n) is 5.02. The molecule has 2 aromatic rings. The Morgan fingerprint density at radius 2 is 2.35 bits per heavy atom. The van der Waals surface area contributed by atoms with Crippen LogP contribution in [0.2, 0.25) is 0 Å². The third-order valence-electron chi connectivity index (χ3n) is 2.15. The van der Waals surface area contributed by atoms with Crippen LogP contribution in [0.25, 0.3) is 0 Å². The number of hydrogen-bond acceptors (Lipinski definition) is 4. The van der Waals surface area contributed by atoms with Crippen LogP contribution in [0.3, 0.4) is 0 Å². The van der Waals surface area contributed by atoms with Crippen molar-refractivity contribution in [3.05, 3.63) is 47.3 Å². The molecule has 0 aliphatic carbocycles. The number of benzene rings is 1. The Bertz CT molecular complexity index is 536. The molecule has 0 saturated carbocycles. The van der Waals surface area contributed by atoms with E-state index < -0.39 is 5.97 Å². The number of aryl methyl sites for hydroxylation is 1. The number of thioether (sulfide) groups is 1. The van der Waals surface area contributed by atoms with Gasteiger partial charge in [0.25, 0.3) is 5.22 Å². The Labute approximate surface area is 103 Å². The van der Waals surface area contributed by atoms with E-state index in [1.54, 1.807) is 0 Å². The summed E-state index contributed by atoms with van der Waals surface area (Å²) in [5, 5.41) is 9.07. The van der Waals surface area contributed by atoms with E-state index in [0.29, 0.717) is 11.0 Å². The zero-order valence-electron chi connectivity index (χ0n) is 9.21. The number of nitrogens with zero attached hydrogens (tertiary/aromatic N) is 1. The number of carbonyl (C=O) groups is 1. The Hall–Kier alpha value is -1.75. The molecule has 0 aliphatic heterocycles. The molecule has 1 aromatic carbocycles. The van der Waals surface area contributed by atoms with Crippen LogP contribution in [-0.4, -0.2) is 16.1 Å². The molecule has 1 N–H and O–H groups in total. The smallest absolute Gasteiger partial charge is 0.357 e. The number of carboxylic acid groups (broad SMARTS) is 1. The minimum atomic E-state index is -1.07. The maximum Gasteiger partial charge on any atom is 0.357 e. The first-order valence-corrected chi connectivity index (χ1v) is 6.01. The first-order chi connectivity index (χ1) is 8.15. The van der Waals surface area contributed by atoms with Crippen molar-refractivity contribution in [2.24, 2.45) is 0 Å². The summed E-state index contributed by atoms with van der Waals surface area (Å²) in [6.07, 6.45) is 1.15. The average molecular weight is 249 g/mol. The number of carboxylic acids is 1. The quantitative estimate of drug-likeness (QED) is 0.844. The number of hydrogen-bond donors (Lipinski definition) is 1. The van der Waals surface area contributed by atoms with E-state index >= 15 is 0 Å². The Morgan fingerprint density at radius 1 is 1.53 bits per heavy atom. The van der Waals surface area contributed by atoms with Gasteiger partial charge in [-0.2, -0.15) is 4.98 Å². The minimum absolute atomic E-state index is 0.0586. The number of aromatic carboxylic acids is 1. The molecule has 0 radical (unpaired) electrons. The second-order valence-electron chi connectivity index (χ2n) is 3.58. The summed E-state index contributed by atoms with van der Waals surface area (Å²) in [6, 6.07) is 8.11. The summed E-state index contributed by atoms with van der Waals surface area (Å²) in [7, 11) is 0. The molecule has 4 nitrogen and oxygen atoms in total. The summed E-state index contributed by atoms with van der Waals surface area (Å²) in [5.74, 6) is -0.363. The third kappa shape index (κ3) is 3.10. The van der Waals surface area contributed by atoms with Crippen LogP contribution < -0.4 is 0 Å². The summed E-state index contributed by atoms with van der Waals surface area (Å²) in [4.78, 5) is 14.4. The van der Waals surface area contributed by atoms with Crippen LogP contribution in [0.5, 0.6) is 0 Å². The van der Waals surface area contributed by atoms with Gasteiger partial charge in [-0.15, -0.1) is 0 Å². The molecule has 0 fully saturated rings. The van der Waals surface area contributed by atoms with E-state index in [1.165, 1.54) is 17.3 Å². The lowest BCUT2D eigenvalue weighted by Gasteiger charge is -1.99. The monoisotopic (exact) mass is 249 g/mol. The van der Waals surface area contributed by atoms with Gasteiger partial charge in [-0.1, -0.05) is 41.6 Å². The van der Waals surface area contributed by atoms with E-state index in [0.717, 1.165) is 11.8 Å². The van der Waals surface area contributed by atoms with Gasteiger partial charge in [-0.25, -0.2) is 4.79 Å². The molecule has 17 heavy (non-hydrogen) atoms. The van der Waals surface area contributed by atoms with Gasteiger partial charge in [0.2, 0.25) is 0 Å². The van der Waals surface area contributed by atoms with Crippen molar-refractivity contribution in [1.29, 1.82) is 0 Å². The largest absolute Gasteiger partial charge is 0.476 e. The van der Waals surface area contributed by atoms with Gasteiger partial charge in [0, 0.05) is 5.75 Å². The molecule has 2 rings (SSSR count). The van der Waals surface area contributed by atoms with Crippen LogP contribution in [0.4, 0.5) is 0 Å². The molecule has 0 spiro atoms. The van der Waals surface area contributed by atoms with Crippen LogP contribution in [0.15, 0.2) is 40.2 Å². The van der Waals surface area contributed by atoms with Gasteiger partial charge >= 0.3 is 5.97 Å². The lowest BCUT2D eigenvalue weighted by Crippen LogP contribution is -1.95. The Kier molecular flexibility index (Phi) is 3.49. The minimum Gasteiger partial charge on any atom is -0.476 e. The number of oxazole rings is 1. The normalized spacial score (nSPS) is 10.4. The zero-order chi connectivity index (χ0) is 12.3. The summed E-state index contributed by atoms with van der Waals surface area (Å²) in [6.45, 7) is 2.03. The molecule has 0 amide bonds. The van der Waals surface area contributed by atoms with E-state index in [4.69, 9.17) is 9.52 Å². The topological polar surface area (TPSA) is 63.3 Å². The lowest BCUT2D eigenvalue weighted by molar-refractivity contribution is 0.0690. The van der Waals surface area contributed by atoms with Crippen molar-refractivity contribution in [3.8, 4) is 0 Å². The average Bonchev–Trinajstić information content (AvgIpc) is 2.75. The molecule has 0 aliphatic rings. The highest BCUT2D eigenvalue weighted by Gasteiger charge is 2.10. The zero-order valence-corrected chi connectivity index (χ0v) is 10.0. The Balaban J connectivity index is 2.00. The molecule has 5 heteroatoms. The molecule has 88 valence electrons. The highest BCUT2D eigenvalue weighted by Crippen LogP contribution is 2.22. The van der Waals surface area contributed by atoms with E-state index in [9.17, 15) is 4.79 Å². The maximum absolute atomic E-state index is 10.6. The maximum atomic E-state index is 10.6. The second kappa shape index (κ2) is 5.05. The molecule has 1 aromatic heterocycles. The molecule has 1 heterocycles. The van der Waals surface area contributed by atoms with Crippen LogP contribution in [0.1, 0.15) is 21.6 Å². The van der Waals surface area contributed by atoms with Crippen molar-refractivity contribution in [3.63, 3.8) is 0 Å². The fraction of sp³-hybridized carbons (Fsp3) is 0.167. The fourth-order valence-electron chi connectivity index (χ4n) is 1.37. The highest BCUT2D eigenvalue weighted by molar-refractivity contribution is 7.98. The van der Waals surface area contributed by atoms with Gasteiger partial charge in [0.05, 0.1) is 0 Å². The van der Waals surface area contributed by atoms with Crippen molar-refractivity contribution in [1.82, 2.24) is 4.98 Å². The summed E-state index contributed by atoms with van der Waals surface area (Å²) in [5.41, 5.74) is 2.29. The molecular formula is C12H11NO3S. The van der Waals surface area contributed by atoms with Crippen molar-refractivity contribution in [2.45, 2.75) is 17.9 Å². The number of aromatic nitrogens is 1. The van der Waals surface area contributed by atoms with Crippen molar-refractivity contribution >= 4 is 17.7 Å². The van der Waals surface area contributed by atoms with Crippen LogP contribution in [-0.2, 0) is 5.75 Å². The predicted molar refractivity (Wildman–Crippen MR) is 64.2 cm³/mol. The first kappa shape index (κ1) is 11.7. The fourth-order valence-corrected chi connectivity index (χ4v) is 2.12. The second-order valence-corrected chi connectivity index (χ2v) is 4.51.